The monoisotopic (exact) mass is 713 g/mol. The Morgan fingerprint density at radius 3 is 2.39 bits per heavy atom. The van der Waals surface area contributed by atoms with Crippen LogP contribution in [-0.4, -0.2) is 52.7 Å². The van der Waals surface area contributed by atoms with E-state index in [0.29, 0.717) is 56.2 Å². The molecule has 3 aromatic rings. The number of carboxylic acids is 1. The van der Waals surface area contributed by atoms with Crippen LogP contribution in [-0.2, 0) is 22.2 Å². The van der Waals surface area contributed by atoms with Crippen molar-refractivity contribution in [3.63, 3.8) is 0 Å². The number of amides is 1. The number of aryl methyl sites for hydroxylation is 4. The largest absolute Gasteiger partial charge is 0.493 e. The summed E-state index contributed by atoms with van der Waals surface area (Å²) in [6.07, 6.45) is 0.937. The first kappa shape index (κ1) is 38.1. The third kappa shape index (κ3) is 9.38. The first-order valence-corrected chi connectivity index (χ1v) is 17.8. The quantitative estimate of drug-likeness (QED) is 0.242. The highest BCUT2D eigenvalue weighted by molar-refractivity contribution is 5.82. The van der Waals surface area contributed by atoms with Crippen LogP contribution in [0.1, 0.15) is 103 Å². The van der Waals surface area contributed by atoms with Crippen molar-refractivity contribution in [1.82, 2.24) is 14.8 Å². The van der Waals surface area contributed by atoms with Gasteiger partial charge in [0, 0.05) is 23.4 Å². The van der Waals surface area contributed by atoms with Gasteiger partial charge in [0.05, 0.1) is 24.6 Å². The van der Waals surface area contributed by atoms with Gasteiger partial charge in [-0.15, -0.1) is 0 Å². The van der Waals surface area contributed by atoms with Crippen LogP contribution < -0.4 is 15.6 Å². The molecule has 12 heteroatoms. The maximum atomic E-state index is 16.0. The van der Waals surface area contributed by atoms with Gasteiger partial charge < -0.3 is 24.6 Å². The smallest absolute Gasteiger partial charge is 0.416 e. The fourth-order valence-corrected chi connectivity index (χ4v) is 7.46. The first-order valence-electron chi connectivity index (χ1n) is 17.8. The SMILES string of the molecule is Cc1cc(C)c2c(c1)OCCCCCC[C@H](n1cc(CCCN3CCCC3)c(C(F)(F)F)cc1=O)C(=O)N[C@@H](CC(=O)O)c1cc-2cc(C)c1F. The standard InChI is InChI=1S/C39H47F4N3O5/c1-24-17-25(2)36-28-19-26(3)37(40)29(20-28)31(22-35(48)49)44-38(50)32(12-6-4-5-9-16-51-33(36)18-24)46-23-27(11-10-15-45-13-7-8-14-45)30(21-34(46)47)39(41,42)43/h17-21,23,31-32H,4-16,22H2,1-3H3,(H,44,50)(H,48,49)/t31-,32-/m0/s1. The molecular weight excluding hydrogens is 666 g/mol. The van der Waals surface area contributed by atoms with Gasteiger partial charge in [0.25, 0.3) is 5.56 Å². The molecule has 1 saturated heterocycles. The Hall–Kier alpha value is -4.19. The Morgan fingerprint density at radius 2 is 1.69 bits per heavy atom. The number of hydrogen-bond donors (Lipinski definition) is 2. The molecule has 0 radical (unpaired) electrons. The molecule has 1 fully saturated rings. The van der Waals surface area contributed by atoms with Gasteiger partial charge in [0.2, 0.25) is 5.91 Å². The summed E-state index contributed by atoms with van der Waals surface area (Å²) >= 11 is 0. The molecule has 2 aromatic carbocycles. The van der Waals surface area contributed by atoms with E-state index in [2.05, 4.69) is 10.2 Å². The van der Waals surface area contributed by atoms with Crippen LogP contribution >= 0.6 is 0 Å². The number of ether oxygens (including phenoxy) is 1. The molecule has 0 saturated carbocycles. The Morgan fingerprint density at radius 1 is 0.961 bits per heavy atom. The van der Waals surface area contributed by atoms with E-state index in [0.717, 1.165) is 59.8 Å². The average Bonchev–Trinajstić information content (AvgIpc) is 3.56. The fraction of sp³-hybridized carbons (Fsp3) is 0.513. The topological polar surface area (TPSA) is 101 Å². The number of rotatable bonds is 7. The van der Waals surface area contributed by atoms with Gasteiger partial charge in [-0.3, -0.25) is 14.4 Å². The molecule has 0 spiro atoms. The van der Waals surface area contributed by atoms with Crippen molar-refractivity contribution >= 4 is 11.9 Å². The Kier molecular flexibility index (Phi) is 12.3. The molecule has 8 nitrogen and oxygen atoms in total. The number of aliphatic carboxylic acids is 1. The number of likely N-dealkylation sites (tertiary alicyclic amines) is 1. The number of carboxylic acid groups (broad SMARTS) is 1. The zero-order valence-electron chi connectivity index (χ0n) is 29.5. The number of carbonyl (C=O) groups is 2. The molecule has 2 atom stereocenters. The summed E-state index contributed by atoms with van der Waals surface area (Å²) in [6, 6.07) is 5.01. The zero-order chi connectivity index (χ0) is 36.9. The third-order valence-electron chi connectivity index (χ3n) is 9.94. The number of carbonyl (C=O) groups excluding carboxylic acids is 1. The number of halogens is 4. The van der Waals surface area contributed by atoms with Gasteiger partial charge in [-0.05, 0) is 125 Å². The van der Waals surface area contributed by atoms with Crippen molar-refractivity contribution in [2.75, 3.05) is 26.2 Å². The van der Waals surface area contributed by atoms with Crippen LogP contribution in [0.2, 0.25) is 0 Å². The molecular formula is C39H47F4N3O5. The minimum Gasteiger partial charge on any atom is -0.493 e. The maximum Gasteiger partial charge on any atom is 0.416 e. The third-order valence-corrected chi connectivity index (χ3v) is 9.94. The molecule has 2 bridgehead atoms. The van der Waals surface area contributed by atoms with Gasteiger partial charge >= 0.3 is 12.1 Å². The van der Waals surface area contributed by atoms with E-state index in [1.165, 1.54) is 6.07 Å². The van der Waals surface area contributed by atoms with E-state index in [1.54, 1.807) is 13.0 Å². The van der Waals surface area contributed by atoms with Crippen molar-refractivity contribution in [2.24, 2.45) is 0 Å². The molecule has 2 N–H and O–H groups in total. The molecule has 1 aromatic heterocycles. The lowest BCUT2D eigenvalue weighted by atomic mass is 9.91. The summed E-state index contributed by atoms with van der Waals surface area (Å²) in [6.45, 7) is 8.22. The van der Waals surface area contributed by atoms with E-state index in [4.69, 9.17) is 4.74 Å². The zero-order valence-corrected chi connectivity index (χ0v) is 29.5. The molecule has 51 heavy (non-hydrogen) atoms. The van der Waals surface area contributed by atoms with Crippen LogP contribution in [0.25, 0.3) is 11.1 Å². The molecule has 3 heterocycles. The number of hydrogen-bond acceptors (Lipinski definition) is 5. The summed E-state index contributed by atoms with van der Waals surface area (Å²) in [5, 5.41) is 12.6. The second-order valence-electron chi connectivity index (χ2n) is 14.0. The summed E-state index contributed by atoms with van der Waals surface area (Å²) in [7, 11) is 0. The lowest BCUT2D eigenvalue weighted by Gasteiger charge is -2.26. The van der Waals surface area contributed by atoms with E-state index < -0.39 is 53.5 Å². The second kappa shape index (κ2) is 16.4. The maximum absolute atomic E-state index is 16.0. The minimum atomic E-state index is -4.77. The molecule has 2 aliphatic heterocycles. The predicted molar refractivity (Wildman–Crippen MR) is 186 cm³/mol. The van der Waals surface area contributed by atoms with Gasteiger partial charge in [0.15, 0.2) is 0 Å². The van der Waals surface area contributed by atoms with Gasteiger partial charge in [-0.2, -0.15) is 13.2 Å². The molecule has 0 aliphatic carbocycles. The Bertz CT molecular complexity index is 1800. The number of nitrogens with one attached hydrogen (secondary N) is 1. The predicted octanol–water partition coefficient (Wildman–Crippen LogP) is 7.84. The summed E-state index contributed by atoms with van der Waals surface area (Å²) in [4.78, 5) is 41.9. The Balaban J connectivity index is 1.57. The van der Waals surface area contributed by atoms with Crippen molar-refractivity contribution in [1.29, 1.82) is 0 Å². The van der Waals surface area contributed by atoms with Crippen LogP contribution in [0.3, 0.4) is 0 Å². The average molecular weight is 714 g/mol. The van der Waals surface area contributed by atoms with Crippen LogP contribution in [0.5, 0.6) is 5.75 Å². The number of aromatic nitrogens is 1. The summed E-state index contributed by atoms with van der Waals surface area (Å²) < 4.78 is 65.8. The molecule has 0 unspecified atom stereocenters. The highest BCUT2D eigenvalue weighted by Gasteiger charge is 2.36. The van der Waals surface area contributed by atoms with Crippen molar-refractivity contribution in [3.8, 4) is 16.9 Å². The highest BCUT2D eigenvalue weighted by Crippen LogP contribution is 2.38. The van der Waals surface area contributed by atoms with E-state index in [1.807, 2.05) is 26.0 Å². The number of alkyl halides is 3. The highest BCUT2D eigenvalue weighted by atomic mass is 19.4. The van der Waals surface area contributed by atoms with Crippen molar-refractivity contribution < 1.29 is 37.0 Å². The molecule has 5 rings (SSSR count). The molecule has 276 valence electrons. The van der Waals surface area contributed by atoms with E-state index >= 15 is 4.39 Å². The number of nitrogens with zero attached hydrogens (tertiary/aromatic N) is 2. The lowest BCUT2D eigenvalue weighted by molar-refractivity contribution is -0.139. The van der Waals surface area contributed by atoms with Crippen LogP contribution in [0.4, 0.5) is 17.6 Å². The summed E-state index contributed by atoms with van der Waals surface area (Å²) in [5.41, 5.74) is 1.24. The van der Waals surface area contributed by atoms with Gasteiger partial charge in [0.1, 0.15) is 17.6 Å². The van der Waals surface area contributed by atoms with Gasteiger partial charge in [-0.25, -0.2) is 4.39 Å². The van der Waals surface area contributed by atoms with E-state index in [9.17, 15) is 32.7 Å². The minimum absolute atomic E-state index is 0.0549. The fourth-order valence-electron chi connectivity index (χ4n) is 7.46. The summed E-state index contributed by atoms with van der Waals surface area (Å²) in [5.74, 6) is -2.14. The van der Waals surface area contributed by atoms with Gasteiger partial charge in [-0.1, -0.05) is 25.3 Å². The number of pyridine rings is 1. The Labute approximate surface area is 295 Å². The van der Waals surface area contributed by atoms with Crippen molar-refractivity contribution in [3.05, 3.63) is 86.1 Å². The van der Waals surface area contributed by atoms with Crippen LogP contribution in [0, 0.1) is 26.6 Å². The normalized spacial score (nSPS) is 19.3. The number of benzene rings is 2. The number of fused-ring (bicyclic) bond motifs is 4. The lowest BCUT2D eigenvalue weighted by Crippen LogP contribution is -2.40. The second-order valence-corrected chi connectivity index (χ2v) is 14.0. The molecule has 2 aliphatic rings. The van der Waals surface area contributed by atoms with Crippen LogP contribution in [0.15, 0.2) is 41.3 Å². The van der Waals surface area contributed by atoms with E-state index in [-0.39, 0.29) is 29.5 Å². The first-order chi connectivity index (χ1) is 24.2. The molecule has 1 amide bonds. The van der Waals surface area contributed by atoms with Crippen molar-refractivity contribution in [2.45, 2.75) is 103 Å².